The zero-order chi connectivity index (χ0) is 19.2. The molecular formula is C17H21N3O5S. The van der Waals surface area contributed by atoms with E-state index in [0.717, 1.165) is 12.5 Å². The first-order valence-electron chi connectivity index (χ1n) is 8.27. The maximum atomic E-state index is 12.5. The summed E-state index contributed by atoms with van der Waals surface area (Å²) in [6.45, 7) is 5.04. The molecule has 9 heteroatoms. The Kier molecular flexibility index (Phi) is 4.43. The van der Waals surface area contributed by atoms with Crippen LogP contribution in [0.2, 0.25) is 0 Å². The van der Waals surface area contributed by atoms with Crippen molar-refractivity contribution in [3.05, 3.63) is 29.3 Å². The number of anilines is 1. The number of aromatic hydroxyl groups is 1. The van der Waals surface area contributed by atoms with Gasteiger partial charge in [0, 0.05) is 37.8 Å². The molecule has 0 radical (unpaired) electrons. The minimum Gasteiger partial charge on any atom is -0.507 e. The van der Waals surface area contributed by atoms with Crippen molar-refractivity contribution in [2.75, 3.05) is 18.5 Å². The average molecular weight is 379 g/mol. The number of amides is 3. The van der Waals surface area contributed by atoms with Crippen LogP contribution >= 0.6 is 0 Å². The van der Waals surface area contributed by atoms with Crippen LogP contribution in [-0.4, -0.2) is 44.0 Å². The van der Waals surface area contributed by atoms with Gasteiger partial charge < -0.3 is 10.0 Å². The van der Waals surface area contributed by atoms with Crippen molar-refractivity contribution in [3.63, 3.8) is 0 Å². The monoisotopic (exact) mass is 379 g/mol. The Bertz CT molecular complexity index is 921. The van der Waals surface area contributed by atoms with Crippen LogP contribution in [0.15, 0.2) is 18.2 Å². The van der Waals surface area contributed by atoms with E-state index < -0.39 is 15.9 Å². The van der Waals surface area contributed by atoms with Gasteiger partial charge in [-0.15, -0.1) is 0 Å². The van der Waals surface area contributed by atoms with E-state index in [0.29, 0.717) is 30.3 Å². The highest BCUT2D eigenvalue weighted by Crippen LogP contribution is 2.38. The van der Waals surface area contributed by atoms with Gasteiger partial charge in [-0.05, 0) is 24.0 Å². The van der Waals surface area contributed by atoms with E-state index in [1.165, 1.54) is 17.0 Å². The van der Waals surface area contributed by atoms with Crippen molar-refractivity contribution in [2.24, 2.45) is 5.92 Å². The Labute approximate surface area is 152 Å². The molecule has 1 aromatic rings. The smallest absolute Gasteiger partial charge is 0.324 e. The third-order valence-electron chi connectivity index (χ3n) is 4.51. The van der Waals surface area contributed by atoms with E-state index >= 15 is 0 Å². The summed E-state index contributed by atoms with van der Waals surface area (Å²) in [6, 6.07) is 2.72. The summed E-state index contributed by atoms with van der Waals surface area (Å²) in [7, 11) is -2.38. The Balaban J connectivity index is 2.02. The van der Waals surface area contributed by atoms with Gasteiger partial charge in [0.05, 0.1) is 5.69 Å². The summed E-state index contributed by atoms with van der Waals surface area (Å²) in [4.78, 5) is 26.8. The van der Waals surface area contributed by atoms with Gasteiger partial charge in [-0.25, -0.2) is 17.9 Å². The molecule has 2 N–H and O–H groups in total. The third kappa shape index (κ3) is 3.14. The summed E-state index contributed by atoms with van der Waals surface area (Å²) in [5.41, 5.74) is 1.28. The fourth-order valence-corrected chi connectivity index (χ4v) is 4.22. The van der Waals surface area contributed by atoms with E-state index in [1.807, 2.05) is 4.72 Å². The van der Waals surface area contributed by atoms with Gasteiger partial charge in [0.1, 0.15) is 10.7 Å². The molecule has 0 atom stereocenters. The molecule has 2 aliphatic rings. The normalized spacial score (nSPS) is 18.8. The van der Waals surface area contributed by atoms with Crippen molar-refractivity contribution < 1.29 is 23.1 Å². The van der Waals surface area contributed by atoms with Crippen LogP contribution in [0.1, 0.15) is 31.4 Å². The number of carbonyl (C=O) groups excluding carboxylic acids is 2. The van der Waals surface area contributed by atoms with Crippen LogP contribution < -0.4 is 9.62 Å². The lowest BCUT2D eigenvalue weighted by Crippen LogP contribution is -2.45. The summed E-state index contributed by atoms with van der Waals surface area (Å²) in [5, 5.41) is 10.3. The first-order chi connectivity index (χ1) is 12.1. The predicted octanol–water partition coefficient (Wildman–Crippen LogP) is 1.61. The zero-order valence-electron chi connectivity index (χ0n) is 14.8. The van der Waals surface area contributed by atoms with E-state index in [1.54, 1.807) is 11.9 Å². The fraction of sp³-hybridized carbons (Fsp3) is 0.412. The number of benzene rings is 1. The Morgan fingerprint density at radius 2 is 1.96 bits per heavy atom. The highest BCUT2D eigenvalue weighted by Gasteiger charge is 2.34. The zero-order valence-corrected chi connectivity index (χ0v) is 15.6. The van der Waals surface area contributed by atoms with E-state index in [2.05, 4.69) is 13.8 Å². The fourth-order valence-electron chi connectivity index (χ4n) is 3.07. The van der Waals surface area contributed by atoms with Crippen LogP contribution in [0.25, 0.3) is 4.91 Å². The second-order valence-electron chi connectivity index (χ2n) is 6.92. The minimum atomic E-state index is -3.99. The summed E-state index contributed by atoms with van der Waals surface area (Å²) >= 11 is 0. The van der Waals surface area contributed by atoms with Crippen molar-refractivity contribution >= 4 is 32.6 Å². The lowest BCUT2D eigenvalue weighted by atomic mass is 10.0. The summed E-state index contributed by atoms with van der Waals surface area (Å²) in [5.74, 6) is -0.607. The van der Waals surface area contributed by atoms with Gasteiger partial charge in [-0.2, -0.15) is 0 Å². The van der Waals surface area contributed by atoms with E-state index in [4.69, 9.17) is 0 Å². The number of hydrogen-bond donors (Lipinski definition) is 2. The Morgan fingerprint density at radius 1 is 1.27 bits per heavy atom. The SMILES string of the molecule is CC(C)CCN1Cc2cc(C3=CC(=O)NS3(=O)=O)c(O)cc2N(C)C1=O. The van der Waals surface area contributed by atoms with Gasteiger partial charge in [-0.3, -0.25) is 9.69 Å². The van der Waals surface area contributed by atoms with Crippen molar-refractivity contribution in [3.8, 4) is 5.75 Å². The number of nitrogens with one attached hydrogen (secondary N) is 1. The molecule has 0 saturated carbocycles. The van der Waals surface area contributed by atoms with Crippen LogP contribution in [0, 0.1) is 5.92 Å². The average Bonchev–Trinajstić information content (AvgIpc) is 2.82. The van der Waals surface area contributed by atoms with Crippen LogP contribution in [-0.2, 0) is 21.4 Å². The van der Waals surface area contributed by atoms with Crippen LogP contribution in [0.4, 0.5) is 10.5 Å². The summed E-state index contributed by atoms with van der Waals surface area (Å²) in [6.07, 6.45) is 1.79. The van der Waals surface area contributed by atoms with Gasteiger partial charge >= 0.3 is 6.03 Å². The lowest BCUT2D eigenvalue weighted by molar-refractivity contribution is -0.114. The molecular weight excluding hydrogens is 358 g/mol. The first kappa shape index (κ1) is 18.2. The number of phenolic OH excluding ortho intramolecular Hbond substituents is 1. The maximum absolute atomic E-state index is 12.5. The highest BCUT2D eigenvalue weighted by molar-refractivity contribution is 8.00. The van der Waals surface area contributed by atoms with Crippen molar-refractivity contribution in [1.29, 1.82) is 0 Å². The van der Waals surface area contributed by atoms with Crippen LogP contribution in [0.3, 0.4) is 0 Å². The molecule has 0 aliphatic carbocycles. The maximum Gasteiger partial charge on any atom is 0.324 e. The summed E-state index contributed by atoms with van der Waals surface area (Å²) < 4.78 is 26.0. The Hall–Kier alpha value is -2.55. The van der Waals surface area contributed by atoms with Crippen molar-refractivity contribution in [2.45, 2.75) is 26.8 Å². The molecule has 0 fully saturated rings. The molecule has 8 nitrogen and oxygen atoms in total. The molecule has 3 amide bonds. The molecule has 2 aliphatic heterocycles. The van der Waals surface area contributed by atoms with E-state index in [-0.39, 0.29) is 22.2 Å². The molecule has 1 aromatic carbocycles. The lowest BCUT2D eigenvalue weighted by Gasteiger charge is -2.35. The second kappa shape index (κ2) is 6.31. The topological polar surface area (TPSA) is 107 Å². The molecule has 3 rings (SSSR count). The molecule has 140 valence electrons. The first-order valence-corrected chi connectivity index (χ1v) is 9.76. The number of nitrogens with zero attached hydrogens (tertiary/aromatic N) is 2. The number of fused-ring (bicyclic) bond motifs is 1. The number of sulfonamides is 1. The largest absolute Gasteiger partial charge is 0.507 e. The molecule has 0 unspecified atom stereocenters. The predicted molar refractivity (Wildman–Crippen MR) is 96.8 cm³/mol. The van der Waals surface area contributed by atoms with Crippen LogP contribution in [0.5, 0.6) is 5.75 Å². The van der Waals surface area contributed by atoms with E-state index in [9.17, 15) is 23.1 Å². The van der Waals surface area contributed by atoms with Crippen molar-refractivity contribution in [1.82, 2.24) is 9.62 Å². The molecule has 0 aromatic heterocycles. The van der Waals surface area contributed by atoms with Gasteiger partial charge in [-0.1, -0.05) is 13.8 Å². The number of urea groups is 1. The quantitative estimate of drug-likeness (QED) is 0.826. The molecule has 0 saturated heterocycles. The highest BCUT2D eigenvalue weighted by atomic mass is 32.2. The molecule has 26 heavy (non-hydrogen) atoms. The minimum absolute atomic E-state index is 0.0497. The second-order valence-corrected chi connectivity index (χ2v) is 8.57. The third-order valence-corrected chi connectivity index (χ3v) is 5.89. The molecule has 0 spiro atoms. The van der Waals surface area contributed by atoms with Gasteiger partial charge in [0.2, 0.25) is 0 Å². The number of rotatable bonds is 4. The van der Waals surface area contributed by atoms with Gasteiger partial charge in [0.25, 0.3) is 15.9 Å². The molecule has 0 bridgehead atoms. The number of carbonyl (C=O) groups is 2. The number of hydrogen-bond acceptors (Lipinski definition) is 5. The standard InChI is InChI=1S/C17H21N3O5S/c1-10(2)4-5-20-9-11-6-12(15-8-16(22)18-26(15,24)25)14(21)7-13(11)19(3)17(20)23/h6-8,10,21H,4-5,9H2,1-3H3,(H,18,22). The van der Waals surface area contributed by atoms with Gasteiger partial charge in [0.15, 0.2) is 0 Å². The Morgan fingerprint density at radius 3 is 2.54 bits per heavy atom. The number of phenols is 1. The molecule has 2 heterocycles.